The molecule has 1 unspecified atom stereocenters. The van der Waals surface area contributed by atoms with Crippen LogP contribution in [-0.2, 0) is 6.54 Å². The third-order valence-corrected chi connectivity index (χ3v) is 6.84. The molecule has 0 spiro atoms. The molecule has 1 aromatic heterocycles. The summed E-state index contributed by atoms with van der Waals surface area (Å²) in [5.74, 6) is 0.581. The van der Waals surface area contributed by atoms with Crippen LogP contribution in [0.1, 0.15) is 46.1 Å². The van der Waals surface area contributed by atoms with Gasteiger partial charge in [-0.05, 0) is 62.2 Å². The van der Waals surface area contributed by atoms with Gasteiger partial charge in [-0.2, -0.15) is 5.10 Å². The molecular formula is C25H28Cl2N4O2. The lowest BCUT2D eigenvalue weighted by Crippen LogP contribution is -2.37. The Hall–Kier alpha value is -2.54. The van der Waals surface area contributed by atoms with Crippen LogP contribution in [0.15, 0.2) is 48.5 Å². The molecule has 0 radical (unpaired) electrons. The highest BCUT2D eigenvalue weighted by atomic mass is 35.5. The van der Waals surface area contributed by atoms with Gasteiger partial charge in [-0.25, -0.2) is 4.68 Å². The van der Waals surface area contributed by atoms with Crippen LogP contribution in [0.2, 0.25) is 10.2 Å². The van der Waals surface area contributed by atoms with Gasteiger partial charge < -0.3 is 10.1 Å². The fourth-order valence-electron chi connectivity index (χ4n) is 4.34. The summed E-state index contributed by atoms with van der Waals surface area (Å²) in [6.07, 6.45) is 2.32. The molecule has 1 aliphatic rings. The summed E-state index contributed by atoms with van der Waals surface area (Å²) < 4.78 is 7.03. The number of aryl methyl sites for hydroxylation is 1. The summed E-state index contributed by atoms with van der Waals surface area (Å²) in [5, 5.41) is 8.54. The Morgan fingerprint density at radius 2 is 1.91 bits per heavy atom. The van der Waals surface area contributed by atoms with Crippen LogP contribution in [0.25, 0.3) is 0 Å². The van der Waals surface area contributed by atoms with Crippen LogP contribution >= 0.6 is 23.2 Å². The first-order chi connectivity index (χ1) is 16.0. The quantitative estimate of drug-likeness (QED) is 0.479. The number of carbonyl (C=O) groups is 1. The second-order valence-corrected chi connectivity index (χ2v) is 9.01. The van der Waals surface area contributed by atoms with Crippen molar-refractivity contribution >= 4 is 29.1 Å². The molecule has 0 aliphatic carbocycles. The fraction of sp³-hybridized carbons (Fsp3) is 0.360. The van der Waals surface area contributed by atoms with Crippen LogP contribution in [-0.4, -0.2) is 47.3 Å². The molecular weight excluding hydrogens is 459 g/mol. The zero-order valence-electron chi connectivity index (χ0n) is 18.9. The number of ether oxygens (including phenoxy) is 1. The minimum Gasteiger partial charge on any atom is -0.497 e. The average Bonchev–Trinajstić information content (AvgIpc) is 3.44. The number of hydrogen-bond acceptors (Lipinski definition) is 4. The van der Waals surface area contributed by atoms with E-state index in [1.54, 1.807) is 18.7 Å². The van der Waals surface area contributed by atoms with Gasteiger partial charge in [-0.15, -0.1) is 0 Å². The molecule has 2 heterocycles. The van der Waals surface area contributed by atoms with Gasteiger partial charge in [0.25, 0.3) is 5.91 Å². The second-order valence-electron chi connectivity index (χ2n) is 8.25. The third-order valence-electron chi connectivity index (χ3n) is 6.09. The summed E-state index contributed by atoms with van der Waals surface area (Å²) in [4.78, 5) is 15.6. The second kappa shape index (κ2) is 10.6. The number of methoxy groups -OCH3 is 1. The van der Waals surface area contributed by atoms with Gasteiger partial charge in [-0.1, -0.05) is 53.5 Å². The topological polar surface area (TPSA) is 59.4 Å². The molecule has 1 atom stereocenters. The van der Waals surface area contributed by atoms with E-state index >= 15 is 0 Å². The molecule has 1 aliphatic heterocycles. The Labute approximate surface area is 204 Å². The fourth-order valence-corrected chi connectivity index (χ4v) is 4.86. The summed E-state index contributed by atoms with van der Waals surface area (Å²) in [6.45, 7) is 4.68. The number of hydrogen-bond donors (Lipinski definition) is 1. The number of likely N-dealkylation sites (tertiary alicyclic amines) is 1. The van der Waals surface area contributed by atoms with E-state index < -0.39 is 0 Å². The lowest BCUT2D eigenvalue weighted by molar-refractivity contribution is 0.0937. The smallest absolute Gasteiger partial charge is 0.256 e. The van der Waals surface area contributed by atoms with Crippen LogP contribution in [0, 0.1) is 6.92 Å². The van der Waals surface area contributed by atoms with Crippen molar-refractivity contribution in [3.63, 3.8) is 0 Å². The lowest BCUT2D eigenvalue weighted by Gasteiger charge is -2.28. The first-order valence-electron chi connectivity index (χ1n) is 11.1. The number of nitrogens with one attached hydrogen (secondary N) is 1. The van der Waals surface area contributed by atoms with Gasteiger partial charge >= 0.3 is 0 Å². The Bertz CT molecular complexity index is 1130. The zero-order valence-corrected chi connectivity index (χ0v) is 20.4. The number of carbonyl (C=O) groups excluding carboxylic acids is 1. The van der Waals surface area contributed by atoms with E-state index in [0.717, 1.165) is 42.8 Å². The van der Waals surface area contributed by atoms with Gasteiger partial charge in [0.05, 0.1) is 31.0 Å². The normalized spacial score (nSPS) is 14.9. The van der Waals surface area contributed by atoms with E-state index in [4.69, 9.17) is 27.9 Å². The van der Waals surface area contributed by atoms with Crippen molar-refractivity contribution in [2.24, 2.45) is 0 Å². The average molecular weight is 487 g/mol. The minimum absolute atomic E-state index is 0.0591. The van der Waals surface area contributed by atoms with Gasteiger partial charge in [0.2, 0.25) is 0 Å². The molecule has 1 fully saturated rings. The molecule has 0 saturated carbocycles. The standard InChI is InChI=1S/C25H28Cl2N4O2/c1-17-23(24(27)31(29-17)16-19-8-3-4-11-21(19)26)25(32)28-15-22(30-12-5-6-13-30)18-9-7-10-20(14-18)33-2/h3-4,7-11,14,22H,5-6,12-13,15-16H2,1-2H3,(H,28,32). The van der Waals surface area contributed by atoms with Gasteiger partial charge in [0, 0.05) is 11.6 Å². The van der Waals surface area contributed by atoms with Gasteiger partial charge in [0.1, 0.15) is 10.9 Å². The maximum atomic E-state index is 13.2. The number of aromatic nitrogens is 2. The molecule has 2 aromatic carbocycles. The Balaban J connectivity index is 1.52. The highest BCUT2D eigenvalue weighted by molar-refractivity contribution is 6.33. The number of halogens is 2. The molecule has 8 heteroatoms. The summed E-state index contributed by atoms with van der Waals surface area (Å²) in [6, 6.07) is 15.6. The van der Waals surface area contributed by atoms with E-state index in [9.17, 15) is 4.79 Å². The Morgan fingerprint density at radius 3 is 2.64 bits per heavy atom. The third kappa shape index (κ3) is 5.35. The number of amides is 1. The van der Waals surface area contributed by atoms with Crippen molar-refractivity contribution in [1.82, 2.24) is 20.0 Å². The first kappa shape index (κ1) is 23.6. The molecule has 3 aromatic rings. The van der Waals surface area contributed by atoms with E-state index in [0.29, 0.717) is 34.5 Å². The highest BCUT2D eigenvalue weighted by Crippen LogP contribution is 2.28. The highest BCUT2D eigenvalue weighted by Gasteiger charge is 2.26. The Kier molecular flexibility index (Phi) is 7.58. The summed E-state index contributed by atoms with van der Waals surface area (Å²) in [7, 11) is 1.66. The SMILES string of the molecule is COc1cccc(C(CNC(=O)c2c(C)nn(Cc3ccccc3Cl)c2Cl)N2CCCC2)c1. The predicted molar refractivity (Wildman–Crippen MR) is 131 cm³/mol. The molecule has 174 valence electrons. The van der Waals surface area contributed by atoms with E-state index in [1.807, 2.05) is 42.5 Å². The van der Waals surface area contributed by atoms with E-state index in [1.165, 1.54) is 0 Å². The first-order valence-corrected chi connectivity index (χ1v) is 11.9. The van der Waals surface area contributed by atoms with Crippen molar-refractivity contribution in [2.75, 3.05) is 26.7 Å². The molecule has 4 rings (SSSR count). The maximum Gasteiger partial charge on any atom is 0.256 e. The van der Waals surface area contributed by atoms with E-state index in [2.05, 4.69) is 21.4 Å². The van der Waals surface area contributed by atoms with Crippen LogP contribution in [0.4, 0.5) is 0 Å². The molecule has 1 saturated heterocycles. The zero-order chi connectivity index (χ0) is 23.4. The number of benzene rings is 2. The Morgan fingerprint density at radius 1 is 1.15 bits per heavy atom. The van der Waals surface area contributed by atoms with E-state index in [-0.39, 0.29) is 11.9 Å². The molecule has 1 amide bonds. The van der Waals surface area contributed by atoms with Crippen molar-refractivity contribution in [3.05, 3.63) is 81.1 Å². The number of rotatable bonds is 8. The van der Waals surface area contributed by atoms with Gasteiger partial charge in [0.15, 0.2) is 0 Å². The maximum absolute atomic E-state index is 13.2. The van der Waals surface area contributed by atoms with Crippen molar-refractivity contribution in [1.29, 1.82) is 0 Å². The number of nitrogens with zero attached hydrogens (tertiary/aromatic N) is 3. The lowest BCUT2D eigenvalue weighted by atomic mass is 10.0. The van der Waals surface area contributed by atoms with Crippen molar-refractivity contribution in [2.45, 2.75) is 32.4 Å². The molecule has 6 nitrogen and oxygen atoms in total. The molecule has 1 N–H and O–H groups in total. The molecule has 33 heavy (non-hydrogen) atoms. The summed E-state index contributed by atoms with van der Waals surface area (Å²) in [5.41, 5.74) is 3.00. The predicted octanol–water partition coefficient (Wildman–Crippen LogP) is 5.12. The van der Waals surface area contributed by atoms with Crippen LogP contribution in [0.3, 0.4) is 0 Å². The minimum atomic E-state index is -0.227. The monoisotopic (exact) mass is 486 g/mol. The molecule has 0 bridgehead atoms. The summed E-state index contributed by atoms with van der Waals surface area (Å²) >= 11 is 12.9. The van der Waals surface area contributed by atoms with Gasteiger partial charge in [-0.3, -0.25) is 9.69 Å². The van der Waals surface area contributed by atoms with Crippen molar-refractivity contribution < 1.29 is 9.53 Å². The largest absolute Gasteiger partial charge is 0.497 e. The van der Waals surface area contributed by atoms with Crippen LogP contribution < -0.4 is 10.1 Å². The van der Waals surface area contributed by atoms with Crippen molar-refractivity contribution in [3.8, 4) is 5.75 Å². The van der Waals surface area contributed by atoms with Crippen LogP contribution in [0.5, 0.6) is 5.75 Å².